The van der Waals surface area contributed by atoms with Crippen LogP contribution in [0.3, 0.4) is 0 Å². The number of rotatable bonds is 5. The number of primary amides is 1. The molecule has 170 valence electrons. The molecule has 0 bridgehead atoms. The average molecular weight is 478 g/mol. The predicted molar refractivity (Wildman–Crippen MR) is 99.5 cm³/mol. The zero-order valence-corrected chi connectivity index (χ0v) is 16.2. The molecule has 0 spiro atoms. The van der Waals surface area contributed by atoms with Gasteiger partial charge >= 0.3 is 12.8 Å². The molecule has 0 saturated heterocycles. The SMILES string of the molecule is NC(=O)c1ccc(-n2c(=O)cc(C(F)(F)F)c3cc(S(=O)(=O)O)ccc32)c(OC(F)F)c1. The molecule has 0 unspecified atom stereocenters. The minimum atomic E-state index is -5.10. The molecule has 2 aromatic carbocycles. The molecule has 8 nitrogen and oxygen atoms in total. The van der Waals surface area contributed by atoms with Gasteiger partial charge in [0.25, 0.3) is 15.7 Å². The van der Waals surface area contributed by atoms with E-state index in [0.29, 0.717) is 10.6 Å². The van der Waals surface area contributed by atoms with Gasteiger partial charge in [0.15, 0.2) is 5.75 Å². The highest BCUT2D eigenvalue weighted by atomic mass is 32.2. The monoisotopic (exact) mass is 478 g/mol. The Kier molecular flexibility index (Phi) is 5.69. The molecule has 1 amide bonds. The van der Waals surface area contributed by atoms with E-state index >= 15 is 0 Å². The number of carbonyl (C=O) groups excluding carboxylic acids is 1. The lowest BCUT2D eigenvalue weighted by Gasteiger charge is -2.18. The van der Waals surface area contributed by atoms with Crippen LogP contribution in [0.4, 0.5) is 22.0 Å². The number of amides is 1. The van der Waals surface area contributed by atoms with Crippen molar-refractivity contribution in [1.82, 2.24) is 4.57 Å². The molecule has 1 aromatic heterocycles. The molecule has 3 N–H and O–H groups in total. The third-order valence-electron chi connectivity index (χ3n) is 4.29. The molecular weight excluding hydrogens is 467 g/mol. The topological polar surface area (TPSA) is 129 Å². The molecule has 3 aromatic rings. The number of pyridine rings is 1. The molecular formula is C18H11F5N2O6S. The zero-order valence-electron chi connectivity index (χ0n) is 15.4. The largest absolute Gasteiger partial charge is 0.433 e. The van der Waals surface area contributed by atoms with Crippen molar-refractivity contribution in [2.24, 2.45) is 5.73 Å². The predicted octanol–water partition coefficient (Wildman–Crippen LogP) is 2.96. The van der Waals surface area contributed by atoms with Crippen LogP contribution in [0.5, 0.6) is 5.75 Å². The smallest absolute Gasteiger partial charge is 0.417 e. The van der Waals surface area contributed by atoms with Crippen molar-refractivity contribution in [3.63, 3.8) is 0 Å². The van der Waals surface area contributed by atoms with Crippen LogP contribution in [-0.4, -0.2) is 30.1 Å². The van der Waals surface area contributed by atoms with Crippen LogP contribution in [0.1, 0.15) is 15.9 Å². The first kappa shape index (κ1) is 23.1. The minimum Gasteiger partial charge on any atom is -0.433 e. The molecule has 0 fully saturated rings. The third kappa shape index (κ3) is 4.40. The number of ether oxygens (including phenoxy) is 1. The van der Waals surface area contributed by atoms with E-state index in [4.69, 9.17) is 5.73 Å². The third-order valence-corrected chi connectivity index (χ3v) is 5.14. The summed E-state index contributed by atoms with van der Waals surface area (Å²) in [7, 11) is -4.91. The number of aromatic nitrogens is 1. The van der Waals surface area contributed by atoms with Crippen LogP contribution in [0.15, 0.2) is 52.2 Å². The van der Waals surface area contributed by atoms with Crippen LogP contribution in [0, 0.1) is 0 Å². The number of nitrogens with two attached hydrogens (primary N) is 1. The van der Waals surface area contributed by atoms with E-state index in [-0.39, 0.29) is 11.6 Å². The quantitative estimate of drug-likeness (QED) is 0.429. The lowest BCUT2D eigenvalue weighted by molar-refractivity contribution is -0.136. The second-order valence-corrected chi connectivity index (χ2v) is 7.73. The maximum Gasteiger partial charge on any atom is 0.417 e. The molecule has 0 atom stereocenters. The van der Waals surface area contributed by atoms with Gasteiger partial charge in [-0.3, -0.25) is 18.7 Å². The van der Waals surface area contributed by atoms with E-state index in [1.165, 1.54) is 0 Å². The van der Waals surface area contributed by atoms with Crippen LogP contribution < -0.4 is 16.0 Å². The summed E-state index contributed by atoms with van der Waals surface area (Å²) in [6.07, 6.45) is -5.10. The Labute approximate surface area is 175 Å². The summed E-state index contributed by atoms with van der Waals surface area (Å²) in [5, 5.41) is -0.825. The molecule has 3 rings (SSSR count). The fraction of sp³-hybridized carbons (Fsp3) is 0.111. The van der Waals surface area contributed by atoms with Crippen molar-refractivity contribution in [2.45, 2.75) is 17.7 Å². The lowest BCUT2D eigenvalue weighted by Crippen LogP contribution is -2.23. The van der Waals surface area contributed by atoms with E-state index in [1.54, 1.807) is 0 Å². The van der Waals surface area contributed by atoms with Gasteiger partial charge < -0.3 is 10.5 Å². The Morgan fingerprint density at radius 1 is 1.09 bits per heavy atom. The van der Waals surface area contributed by atoms with Gasteiger partial charge in [-0.1, -0.05) is 0 Å². The first-order valence-corrected chi connectivity index (χ1v) is 9.77. The molecule has 0 aliphatic rings. The lowest BCUT2D eigenvalue weighted by atomic mass is 10.1. The number of hydrogen-bond donors (Lipinski definition) is 2. The van der Waals surface area contributed by atoms with Crippen molar-refractivity contribution in [3.05, 3.63) is 63.9 Å². The highest BCUT2D eigenvalue weighted by Crippen LogP contribution is 2.36. The standard InChI is InChI=1S/C18H11F5N2O6S/c19-17(20)31-14-5-8(16(24)27)1-3-13(14)25-12-4-2-9(32(28,29)30)6-10(12)11(7-15(25)26)18(21,22)23/h1-7,17H,(H2,24,27)(H,28,29,30). The van der Waals surface area contributed by atoms with Crippen LogP contribution in [0.25, 0.3) is 16.6 Å². The van der Waals surface area contributed by atoms with Crippen molar-refractivity contribution < 1.29 is 44.5 Å². The fourth-order valence-electron chi connectivity index (χ4n) is 3.00. The van der Waals surface area contributed by atoms with Crippen molar-refractivity contribution >= 4 is 26.9 Å². The van der Waals surface area contributed by atoms with E-state index in [9.17, 15) is 44.5 Å². The van der Waals surface area contributed by atoms with Crippen LogP contribution in [-0.2, 0) is 16.3 Å². The number of hydrogen-bond acceptors (Lipinski definition) is 5. The van der Waals surface area contributed by atoms with Gasteiger partial charge in [0.1, 0.15) is 0 Å². The number of alkyl halides is 5. The molecule has 0 aliphatic heterocycles. The van der Waals surface area contributed by atoms with Gasteiger partial charge in [0, 0.05) is 17.0 Å². The van der Waals surface area contributed by atoms with Crippen LogP contribution >= 0.6 is 0 Å². The van der Waals surface area contributed by atoms with Crippen molar-refractivity contribution in [1.29, 1.82) is 0 Å². The first-order valence-electron chi connectivity index (χ1n) is 8.33. The molecule has 14 heteroatoms. The summed E-state index contributed by atoms with van der Waals surface area (Å²) < 4.78 is 103. The second kappa shape index (κ2) is 7.87. The number of nitrogens with zero attached hydrogens (tertiary/aromatic N) is 1. The van der Waals surface area contributed by atoms with Gasteiger partial charge in [-0.05, 0) is 36.4 Å². The molecule has 0 aliphatic carbocycles. The van der Waals surface area contributed by atoms with Gasteiger partial charge in [0.2, 0.25) is 5.91 Å². The number of benzene rings is 2. The van der Waals surface area contributed by atoms with Crippen molar-refractivity contribution in [3.8, 4) is 11.4 Å². The Bertz CT molecular complexity index is 1400. The van der Waals surface area contributed by atoms with Crippen LogP contribution in [0.2, 0.25) is 0 Å². The Balaban J connectivity index is 2.46. The summed E-state index contributed by atoms with van der Waals surface area (Å²) in [5.41, 5.74) is 0.942. The summed E-state index contributed by atoms with van der Waals surface area (Å²) in [6.45, 7) is -3.43. The summed E-state index contributed by atoms with van der Waals surface area (Å²) in [5.74, 6) is -1.78. The van der Waals surface area contributed by atoms with Crippen molar-refractivity contribution in [2.75, 3.05) is 0 Å². The van der Waals surface area contributed by atoms with Gasteiger partial charge in [-0.25, -0.2) is 0 Å². The fourth-order valence-corrected chi connectivity index (χ4v) is 3.50. The van der Waals surface area contributed by atoms with Gasteiger partial charge in [-0.2, -0.15) is 30.4 Å². The van der Waals surface area contributed by atoms with E-state index in [2.05, 4.69) is 4.74 Å². The summed E-state index contributed by atoms with van der Waals surface area (Å²) >= 11 is 0. The average Bonchev–Trinajstić information content (AvgIpc) is 2.65. The Morgan fingerprint density at radius 2 is 1.75 bits per heavy atom. The van der Waals surface area contributed by atoms with Gasteiger partial charge in [-0.15, -0.1) is 0 Å². The summed E-state index contributed by atoms with van der Waals surface area (Å²) in [4.78, 5) is 23.1. The van der Waals surface area contributed by atoms with E-state index in [0.717, 1.165) is 30.3 Å². The molecule has 0 radical (unpaired) electrons. The van der Waals surface area contributed by atoms with E-state index in [1.807, 2.05) is 0 Å². The number of fused-ring (bicyclic) bond motifs is 1. The zero-order chi connectivity index (χ0) is 24.0. The molecule has 32 heavy (non-hydrogen) atoms. The number of halogens is 5. The maximum absolute atomic E-state index is 13.5. The number of carbonyl (C=O) groups is 1. The highest BCUT2D eigenvalue weighted by molar-refractivity contribution is 7.85. The van der Waals surface area contributed by atoms with Gasteiger partial charge in [0.05, 0.1) is 21.7 Å². The normalized spacial score (nSPS) is 12.3. The summed E-state index contributed by atoms with van der Waals surface area (Å²) in [6, 6.07) is 4.86. The maximum atomic E-state index is 13.5. The Hall–Kier alpha value is -3.52. The second-order valence-electron chi connectivity index (χ2n) is 6.31. The minimum absolute atomic E-state index is 0.129. The molecule has 0 saturated carbocycles. The first-order chi connectivity index (χ1) is 14.7. The molecule has 1 heterocycles. The van der Waals surface area contributed by atoms with E-state index < -0.39 is 67.2 Å². The Morgan fingerprint density at radius 3 is 2.28 bits per heavy atom. The highest BCUT2D eigenvalue weighted by Gasteiger charge is 2.35.